The first-order valence-corrected chi connectivity index (χ1v) is 8.76. The first kappa shape index (κ1) is 17.6. The summed E-state index contributed by atoms with van der Waals surface area (Å²) in [5.74, 6) is 0.188. The number of hydrogen-bond donors (Lipinski definition) is 1. The lowest BCUT2D eigenvalue weighted by molar-refractivity contribution is -0.131. The van der Waals surface area contributed by atoms with E-state index in [4.69, 9.17) is 0 Å². The van der Waals surface area contributed by atoms with E-state index in [0.29, 0.717) is 6.54 Å². The molecule has 0 unspecified atom stereocenters. The largest absolute Gasteiger partial charge is 0.376 e. The van der Waals surface area contributed by atoms with Gasteiger partial charge in [-0.3, -0.25) is 4.79 Å². The van der Waals surface area contributed by atoms with Gasteiger partial charge in [-0.2, -0.15) is 0 Å². The van der Waals surface area contributed by atoms with Gasteiger partial charge >= 0.3 is 0 Å². The van der Waals surface area contributed by atoms with E-state index in [-0.39, 0.29) is 5.91 Å². The maximum absolute atomic E-state index is 12.3. The van der Waals surface area contributed by atoms with Crippen molar-refractivity contribution in [3.8, 4) is 0 Å². The standard InChI is InChI=1S/C18H30N4O/c1-4-20-11-13-22(14-12-20)18(23)15-19-16-7-9-17(10-8-16)21(5-2)6-3/h7-10,19H,4-6,11-15H2,1-3H3. The van der Waals surface area contributed by atoms with E-state index in [2.05, 4.69) is 60.2 Å². The van der Waals surface area contributed by atoms with Crippen LogP contribution in [-0.2, 0) is 4.79 Å². The molecule has 1 aromatic carbocycles. The molecule has 0 aromatic heterocycles. The van der Waals surface area contributed by atoms with Crippen molar-refractivity contribution in [2.24, 2.45) is 0 Å². The summed E-state index contributed by atoms with van der Waals surface area (Å²) in [6.07, 6.45) is 0. The smallest absolute Gasteiger partial charge is 0.241 e. The van der Waals surface area contributed by atoms with Crippen LogP contribution in [0.5, 0.6) is 0 Å². The van der Waals surface area contributed by atoms with E-state index in [9.17, 15) is 4.79 Å². The minimum atomic E-state index is 0.188. The van der Waals surface area contributed by atoms with E-state index in [1.807, 2.05) is 4.90 Å². The van der Waals surface area contributed by atoms with Crippen molar-refractivity contribution in [1.82, 2.24) is 9.80 Å². The summed E-state index contributed by atoms with van der Waals surface area (Å²) in [7, 11) is 0. The van der Waals surface area contributed by atoms with E-state index in [0.717, 1.165) is 51.5 Å². The van der Waals surface area contributed by atoms with Crippen LogP contribution in [0.4, 0.5) is 11.4 Å². The number of carbonyl (C=O) groups excluding carboxylic acids is 1. The van der Waals surface area contributed by atoms with Crippen LogP contribution in [0, 0.1) is 0 Å². The van der Waals surface area contributed by atoms with Gasteiger partial charge in [0.05, 0.1) is 6.54 Å². The Labute approximate surface area is 140 Å². The van der Waals surface area contributed by atoms with Gasteiger partial charge in [0.1, 0.15) is 0 Å². The molecule has 1 N–H and O–H groups in total. The molecule has 0 saturated carbocycles. The second-order valence-corrected chi connectivity index (χ2v) is 5.89. The molecule has 0 spiro atoms. The van der Waals surface area contributed by atoms with Gasteiger partial charge < -0.3 is 20.0 Å². The highest BCUT2D eigenvalue weighted by Crippen LogP contribution is 2.17. The zero-order chi connectivity index (χ0) is 16.7. The van der Waals surface area contributed by atoms with Gasteiger partial charge in [-0.05, 0) is 44.7 Å². The molecule has 2 rings (SSSR count). The first-order chi connectivity index (χ1) is 11.2. The maximum Gasteiger partial charge on any atom is 0.241 e. The summed E-state index contributed by atoms with van der Waals surface area (Å²) >= 11 is 0. The van der Waals surface area contributed by atoms with Crippen molar-refractivity contribution >= 4 is 17.3 Å². The fourth-order valence-electron chi connectivity index (χ4n) is 2.98. The Morgan fingerprint density at radius 2 is 1.65 bits per heavy atom. The minimum absolute atomic E-state index is 0.188. The molecule has 0 bridgehead atoms. The monoisotopic (exact) mass is 318 g/mol. The fraction of sp³-hybridized carbons (Fsp3) is 0.611. The van der Waals surface area contributed by atoms with Gasteiger partial charge in [-0.1, -0.05) is 6.92 Å². The zero-order valence-electron chi connectivity index (χ0n) is 14.7. The molecule has 1 aromatic rings. The lowest BCUT2D eigenvalue weighted by atomic mass is 10.2. The average molecular weight is 318 g/mol. The van der Waals surface area contributed by atoms with Gasteiger partial charge in [0.2, 0.25) is 5.91 Å². The number of amides is 1. The normalized spacial score (nSPS) is 15.5. The third-order valence-corrected chi connectivity index (χ3v) is 4.61. The second-order valence-electron chi connectivity index (χ2n) is 5.89. The Balaban J connectivity index is 1.80. The van der Waals surface area contributed by atoms with E-state index in [1.54, 1.807) is 0 Å². The van der Waals surface area contributed by atoms with Gasteiger partial charge in [-0.15, -0.1) is 0 Å². The van der Waals surface area contributed by atoms with Crippen molar-refractivity contribution in [3.63, 3.8) is 0 Å². The van der Waals surface area contributed by atoms with Gasteiger partial charge in [-0.25, -0.2) is 0 Å². The number of nitrogens with one attached hydrogen (secondary N) is 1. The van der Waals surface area contributed by atoms with Gasteiger partial charge in [0.15, 0.2) is 0 Å². The lowest BCUT2D eigenvalue weighted by Gasteiger charge is -2.34. The molecule has 1 amide bonds. The van der Waals surface area contributed by atoms with Crippen molar-refractivity contribution in [2.45, 2.75) is 20.8 Å². The third-order valence-electron chi connectivity index (χ3n) is 4.61. The second kappa shape index (κ2) is 8.77. The van der Waals surface area contributed by atoms with Crippen LogP contribution in [-0.4, -0.2) is 68.1 Å². The molecule has 128 valence electrons. The predicted molar refractivity (Wildman–Crippen MR) is 97.2 cm³/mol. The van der Waals surface area contributed by atoms with Gasteiger partial charge in [0.25, 0.3) is 0 Å². The van der Waals surface area contributed by atoms with Crippen LogP contribution in [0.1, 0.15) is 20.8 Å². The number of nitrogens with zero attached hydrogens (tertiary/aromatic N) is 3. The number of rotatable bonds is 7. The number of carbonyl (C=O) groups is 1. The number of anilines is 2. The molecule has 1 fully saturated rings. The highest BCUT2D eigenvalue weighted by Gasteiger charge is 2.19. The molecule has 1 aliphatic rings. The van der Waals surface area contributed by atoms with Crippen molar-refractivity contribution in [3.05, 3.63) is 24.3 Å². The highest BCUT2D eigenvalue weighted by atomic mass is 16.2. The molecule has 1 saturated heterocycles. The number of hydrogen-bond acceptors (Lipinski definition) is 4. The SMILES string of the molecule is CCN1CCN(C(=O)CNc2ccc(N(CC)CC)cc2)CC1. The third kappa shape index (κ3) is 4.86. The number of piperazine rings is 1. The molecule has 0 atom stereocenters. The van der Waals surface area contributed by atoms with E-state index < -0.39 is 0 Å². The quantitative estimate of drug-likeness (QED) is 0.836. The first-order valence-electron chi connectivity index (χ1n) is 8.76. The molecule has 1 heterocycles. The Kier molecular flexibility index (Phi) is 6.71. The summed E-state index contributed by atoms with van der Waals surface area (Å²) in [5.41, 5.74) is 2.23. The highest BCUT2D eigenvalue weighted by molar-refractivity contribution is 5.81. The molecule has 0 radical (unpaired) electrons. The van der Waals surface area contributed by atoms with Gasteiger partial charge in [0, 0.05) is 50.6 Å². The van der Waals surface area contributed by atoms with Crippen LogP contribution in [0.25, 0.3) is 0 Å². The molecule has 23 heavy (non-hydrogen) atoms. The zero-order valence-corrected chi connectivity index (χ0v) is 14.7. The fourth-order valence-corrected chi connectivity index (χ4v) is 2.98. The summed E-state index contributed by atoms with van der Waals surface area (Å²) in [6.45, 7) is 13.6. The van der Waals surface area contributed by atoms with Crippen LogP contribution >= 0.6 is 0 Å². The predicted octanol–water partition coefficient (Wildman–Crippen LogP) is 2.11. The number of likely N-dealkylation sites (N-methyl/N-ethyl adjacent to an activating group) is 1. The van der Waals surface area contributed by atoms with Crippen LogP contribution in [0.2, 0.25) is 0 Å². The minimum Gasteiger partial charge on any atom is -0.376 e. The summed E-state index contributed by atoms with van der Waals surface area (Å²) in [5, 5.41) is 3.25. The lowest BCUT2D eigenvalue weighted by Crippen LogP contribution is -2.49. The Morgan fingerprint density at radius 1 is 1.04 bits per heavy atom. The topological polar surface area (TPSA) is 38.8 Å². The van der Waals surface area contributed by atoms with Crippen molar-refractivity contribution in [1.29, 1.82) is 0 Å². The molecule has 1 aliphatic heterocycles. The molecular formula is C18H30N4O. The summed E-state index contributed by atoms with van der Waals surface area (Å²) in [6, 6.07) is 8.32. The number of benzene rings is 1. The molecule has 5 nitrogen and oxygen atoms in total. The van der Waals surface area contributed by atoms with E-state index >= 15 is 0 Å². The van der Waals surface area contributed by atoms with Crippen LogP contribution < -0.4 is 10.2 Å². The van der Waals surface area contributed by atoms with Crippen molar-refractivity contribution < 1.29 is 4.79 Å². The van der Waals surface area contributed by atoms with E-state index in [1.165, 1.54) is 5.69 Å². The Bertz CT molecular complexity index is 476. The van der Waals surface area contributed by atoms with Crippen LogP contribution in [0.15, 0.2) is 24.3 Å². The molecular weight excluding hydrogens is 288 g/mol. The Morgan fingerprint density at radius 3 is 2.17 bits per heavy atom. The van der Waals surface area contributed by atoms with Crippen molar-refractivity contribution in [2.75, 3.05) is 62.6 Å². The molecule has 0 aliphatic carbocycles. The summed E-state index contributed by atoms with van der Waals surface area (Å²) in [4.78, 5) is 18.9. The average Bonchev–Trinajstić information content (AvgIpc) is 2.62. The Hall–Kier alpha value is -1.75. The molecule has 5 heteroatoms. The van der Waals surface area contributed by atoms with Crippen LogP contribution in [0.3, 0.4) is 0 Å². The summed E-state index contributed by atoms with van der Waals surface area (Å²) < 4.78 is 0. The maximum atomic E-state index is 12.3.